The molecule has 0 aromatic heterocycles. The van der Waals surface area contributed by atoms with E-state index in [1.165, 1.54) is 0 Å². The number of ether oxygens (including phenoxy) is 1. The number of hydrogen-bond donors (Lipinski definition) is 2. The molecule has 1 atom stereocenters. The zero-order valence-corrected chi connectivity index (χ0v) is 14.4. The summed E-state index contributed by atoms with van der Waals surface area (Å²) in [6, 6.07) is 25.0. The summed E-state index contributed by atoms with van der Waals surface area (Å²) in [6.45, 7) is 2.57. The molecule has 0 bridgehead atoms. The molecule has 0 saturated heterocycles. The van der Waals surface area contributed by atoms with Crippen LogP contribution in [0.1, 0.15) is 23.6 Å². The van der Waals surface area contributed by atoms with Gasteiger partial charge in [0.15, 0.2) is 0 Å². The lowest BCUT2D eigenvalue weighted by molar-refractivity contribution is 0.0818. The fourth-order valence-corrected chi connectivity index (χ4v) is 3.15. The van der Waals surface area contributed by atoms with Crippen LogP contribution >= 0.6 is 0 Å². The maximum atomic E-state index is 11.7. The number of nitrogen functional groups attached to an aromatic ring is 1. The number of aliphatic hydroxyl groups is 1. The van der Waals surface area contributed by atoms with Crippen LogP contribution in [0.4, 0.5) is 5.69 Å². The summed E-state index contributed by atoms with van der Waals surface area (Å²) in [4.78, 5) is 0. The highest BCUT2D eigenvalue weighted by Gasteiger charge is 2.33. The van der Waals surface area contributed by atoms with Gasteiger partial charge in [-0.25, -0.2) is 0 Å². The summed E-state index contributed by atoms with van der Waals surface area (Å²) in [6.07, 6.45) is 0.409. The van der Waals surface area contributed by atoms with Crippen molar-refractivity contribution in [1.29, 1.82) is 0 Å². The van der Waals surface area contributed by atoms with Crippen molar-refractivity contribution in [2.45, 2.75) is 18.9 Å². The van der Waals surface area contributed by atoms with Crippen molar-refractivity contribution in [1.82, 2.24) is 0 Å². The third-order valence-electron chi connectivity index (χ3n) is 4.33. The fourth-order valence-electron chi connectivity index (χ4n) is 3.15. The summed E-state index contributed by atoms with van der Waals surface area (Å²) in [5, 5.41) is 11.7. The van der Waals surface area contributed by atoms with Crippen LogP contribution in [0.5, 0.6) is 5.75 Å². The van der Waals surface area contributed by atoms with Crippen LogP contribution in [0.15, 0.2) is 78.9 Å². The van der Waals surface area contributed by atoms with E-state index in [0.717, 1.165) is 16.9 Å². The molecular weight excluding hydrogens is 310 g/mol. The van der Waals surface area contributed by atoms with Crippen LogP contribution in [0.3, 0.4) is 0 Å². The predicted octanol–water partition coefficient (Wildman–Crippen LogP) is 4.15. The van der Waals surface area contributed by atoms with Gasteiger partial charge in [-0.15, -0.1) is 0 Å². The predicted molar refractivity (Wildman–Crippen MR) is 102 cm³/mol. The highest BCUT2D eigenvalue weighted by molar-refractivity contribution is 5.54. The van der Waals surface area contributed by atoms with Gasteiger partial charge >= 0.3 is 0 Å². The van der Waals surface area contributed by atoms with E-state index in [0.29, 0.717) is 24.3 Å². The number of para-hydroxylation sites is 1. The molecule has 3 nitrogen and oxygen atoms in total. The van der Waals surface area contributed by atoms with Crippen molar-refractivity contribution >= 4 is 5.69 Å². The van der Waals surface area contributed by atoms with E-state index >= 15 is 0 Å². The lowest BCUT2D eigenvalue weighted by Gasteiger charge is -2.31. The first kappa shape index (κ1) is 17.1. The molecular formula is C22H23NO2. The van der Waals surface area contributed by atoms with Crippen LogP contribution in [0.25, 0.3) is 0 Å². The Labute approximate surface area is 148 Å². The Hall–Kier alpha value is -2.78. The maximum Gasteiger partial charge on any atom is 0.121 e. The van der Waals surface area contributed by atoms with Crippen molar-refractivity contribution < 1.29 is 9.84 Å². The average Bonchev–Trinajstić information content (AvgIpc) is 2.63. The third-order valence-corrected chi connectivity index (χ3v) is 4.33. The highest BCUT2D eigenvalue weighted by atomic mass is 16.5. The zero-order chi connectivity index (χ0) is 17.7. The van der Waals surface area contributed by atoms with Crippen molar-refractivity contribution in [2.75, 3.05) is 12.3 Å². The van der Waals surface area contributed by atoms with Crippen LogP contribution in [-0.4, -0.2) is 11.7 Å². The topological polar surface area (TPSA) is 55.5 Å². The molecule has 0 aliphatic rings. The molecule has 0 fully saturated rings. The lowest BCUT2D eigenvalue weighted by Crippen LogP contribution is -2.31. The first-order valence-electron chi connectivity index (χ1n) is 8.48. The number of anilines is 1. The monoisotopic (exact) mass is 333 g/mol. The highest BCUT2D eigenvalue weighted by Crippen LogP contribution is 2.36. The Morgan fingerprint density at radius 1 is 0.920 bits per heavy atom. The van der Waals surface area contributed by atoms with Crippen molar-refractivity contribution in [3.05, 3.63) is 95.6 Å². The molecule has 0 amide bonds. The molecule has 0 spiro atoms. The first-order chi connectivity index (χ1) is 12.1. The summed E-state index contributed by atoms with van der Waals surface area (Å²) >= 11 is 0. The lowest BCUT2D eigenvalue weighted by atomic mass is 9.80. The molecule has 3 N–H and O–H groups in total. The molecule has 0 radical (unpaired) electrons. The Balaban J connectivity index is 2.07. The maximum absolute atomic E-state index is 11.7. The second-order valence-corrected chi connectivity index (χ2v) is 6.07. The van der Waals surface area contributed by atoms with Gasteiger partial charge in [0, 0.05) is 17.7 Å². The van der Waals surface area contributed by atoms with Crippen LogP contribution in [-0.2, 0) is 12.0 Å². The van der Waals surface area contributed by atoms with Crippen molar-refractivity contribution in [3.63, 3.8) is 0 Å². The Bertz CT molecular complexity index is 832. The van der Waals surface area contributed by atoms with Crippen LogP contribution in [0.2, 0.25) is 0 Å². The van der Waals surface area contributed by atoms with E-state index in [1.54, 1.807) is 0 Å². The molecule has 25 heavy (non-hydrogen) atoms. The van der Waals surface area contributed by atoms with Gasteiger partial charge in [-0.1, -0.05) is 60.7 Å². The molecule has 3 aromatic rings. The minimum Gasteiger partial charge on any atom is -0.494 e. The summed E-state index contributed by atoms with van der Waals surface area (Å²) in [7, 11) is 0. The summed E-state index contributed by atoms with van der Waals surface area (Å²) in [5.74, 6) is 0.802. The van der Waals surface area contributed by atoms with E-state index in [9.17, 15) is 5.11 Å². The van der Waals surface area contributed by atoms with E-state index in [1.807, 2.05) is 85.8 Å². The molecule has 3 aromatic carbocycles. The van der Waals surface area contributed by atoms with Gasteiger partial charge in [0.2, 0.25) is 0 Å². The molecule has 3 rings (SSSR count). The number of nitrogens with two attached hydrogens (primary N) is 1. The van der Waals surface area contributed by atoms with E-state index in [4.69, 9.17) is 10.5 Å². The van der Waals surface area contributed by atoms with E-state index in [-0.39, 0.29) is 0 Å². The molecule has 128 valence electrons. The minimum atomic E-state index is -1.21. The van der Waals surface area contributed by atoms with Gasteiger partial charge in [-0.05, 0) is 36.2 Å². The average molecular weight is 333 g/mol. The second-order valence-electron chi connectivity index (χ2n) is 6.07. The number of benzene rings is 3. The molecule has 0 saturated carbocycles. The van der Waals surface area contributed by atoms with Gasteiger partial charge in [0.1, 0.15) is 11.4 Å². The van der Waals surface area contributed by atoms with Crippen LogP contribution in [0, 0.1) is 0 Å². The fraction of sp³-hybridized carbons (Fsp3) is 0.182. The largest absolute Gasteiger partial charge is 0.494 e. The van der Waals surface area contributed by atoms with E-state index in [2.05, 4.69) is 0 Å². The zero-order valence-electron chi connectivity index (χ0n) is 14.4. The molecule has 3 heteroatoms. The Kier molecular flexibility index (Phi) is 5.05. The molecule has 0 aliphatic carbocycles. The molecule has 0 heterocycles. The van der Waals surface area contributed by atoms with Crippen molar-refractivity contribution in [2.24, 2.45) is 0 Å². The SMILES string of the molecule is CCOc1cccc(CC(O)(c2ccccc2)c2ccccc2N)c1. The van der Waals surface area contributed by atoms with Crippen molar-refractivity contribution in [3.8, 4) is 5.75 Å². The van der Waals surface area contributed by atoms with Gasteiger partial charge in [-0.3, -0.25) is 0 Å². The standard InChI is InChI=1S/C22H23NO2/c1-2-25-19-12-8-9-17(15-19)16-22(24,18-10-4-3-5-11-18)20-13-6-7-14-21(20)23/h3-15,24H,2,16,23H2,1H3. The van der Waals surface area contributed by atoms with E-state index < -0.39 is 5.60 Å². The minimum absolute atomic E-state index is 0.409. The first-order valence-corrected chi connectivity index (χ1v) is 8.48. The molecule has 1 unspecified atom stereocenters. The summed E-state index contributed by atoms with van der Waals surface area (Å²) < 4.78 is 5.59. The molecule has 0 aliphatic heterocycles. The smallest absolute Gasteiger partial charge is 0.121 e. The van der Waals surface area contributed by atoms with Gasteiger partial charge in [0.05, 0.1) is 6.61 Å². The normalized spacial score (nSPS) is 13.2. The van der Waals surface area contributed by atoms with Crippen LogP contribution < -0.4 is 10.5 Å². The number of rotatable bonds is 6. The second kappa shape index (κ2) is 7.41. The van der Waals surface area contributed by atoms with Gasteiger partial charge in [-0.2, -0.15) is 0 Å². The van der Waals surface area contributed by atoms with Gasteiger partial charge in [0.25, 0.3) is 0 Å². The summed E-state index contributed by atoms with van der Waals surface area (Å²) in [5.41, 5.74) is 8.07. The third kappa shape index (κ3) is 3.67. The number of hydrogen-bond acceptors (Lipinski definition) is 3. The quantitative estimate of drug-likeness (QED) is 0.666. The Morgan fingerprint density at radius 2 is 1.64 bits per heavy atom. The Morgan fingerprint density at radius 3 is 2.36 bits per heavy atom. The van der Waals surface area contributed by atoms with Gasteiger partial charge < -0.3 is 15.6 Å².